The van der Waals surface area contributed by atoms with Gasteiger partial charge in [0.2, 0.25) is 0 Å². The molecule has 0 amide bonds. The quantitative estimate of drug-likeness (QED) is 0.174. The van der Waals surface area contributed by atoms with Crippen molar-refractivity contribution >= 4 is 33.1 Å². The third-order valence-electron chi connectivity index (χ3n) is 4.07. The molecule has 160 valence electrons. The number of rotatable bonds is 12. The minimum atomic E-state index is -1.57. The molecular weight excluding hydrogens is 406 g/mol. The largest absolute Gasteiger partial charge is 0.494 e. The molecule has 0 aliphatic heterocycles. The summed E-state index contributed by atoms with van der Waals surface area (Å²) in [6.45, 7) is 2.93. The van der Waals surface area contributed by atoms with E-state index in [-0.39, 0.29) is 5.97 Å². The van der Waals surface area contributed by atoms with Crippen LogP contribution >= 0.6 is 8.58 Å². The van der Waals surface area contributed by atoms with Gasteiger partial charge >= 0.3 is 19.1 Å². The zero-order valence-corrected chi connectivity index (χ0v) is 17.9. The van der Waals surface area contributed by atoms with Crippen LogP contribution in [0, 0.1) is 0 Å². The van der Waals surface area contributed by atoms with Crippen LogP contribution in [0.2, 0.25) is 0 Å². The normalized spacial score (nSPS) is 10.8. The van der Waals surface area contributed by atoms with Crippen LogP contribution in [-0.2, 0) is 9.53 Å². The zero-order chi connectivity index (χ0) is 21.8. The molecule has 0 saturated heterocycles. The Bertz CT molecular complexity index is 794. The molecule has 0 aliphatic rings. The Morgan fingerprint density at radius 1 is 0.933 bits per heavy atom. The fourth-order valence-electron chi connectivity index (χ4n) is 2.42. The number of benzene rings is 2. The summed E-state index contributed by atoms with van der Waals surface area (Å²) in [5.41, 5.74) is 0.680. The SMILES string of the molecule is CCPCC(=O)OCCCCOc1ccc(C(=O)Oc2ccc(B(O)O)cc2)cc1. The number of esters is 2. The first-order valence-electron chi connectivity index (χ1n) is 9.77. The summed E-state index contributed by atoms with van der Waals surface area (Å²) in [5, 5.41) is 18.1. The number of carbonyl (C=O) groups excluding carboxylic acids is 2. The predicted octanol–water partition coefficient (Wildman–Crippen LogP) is 1.99. The van der Waals surface area contributed by atoms with Gasteiger partial charge in [-0.3, -0.25) is 4.79 Å². The number of hydrogen-bond donors (Lipinski definition) is 2. The first-order chi connectivity index (χ1) is 14.5. The average molecular weight is 432 g/mol. The summed E-state index contributed by atoms with van der Waals surface area (Å²) in [6.07, 6.45) is 2.99. The van der Waals surface area contributed by atoms with E-state index in [4.69, 9.17) is 24.3 Å². The highest BCUT2D eigenvalue weighted by Crippen LogP contribution is 2.16. The second-order valence-electron chi connectivity index (χ2n) is 6.41. The van der Waals surface area contributed by atoms with E-state index in [0.29, 0.717) is 50.5 Å². The van der Waals surface area contributed by atoms with Crippen molar-refractivity contribution < 1.29 is 33.8 Å². The average Bonchev–Trinajstić information content (AvgIpc) is 2.75. The van der Waals surface area contributed by atoms with Crippen molar-refractivity contribution in [2.75, 3.05) is 25.5 Å². The van der Waals surface area contributed by atoms with Gasteiger partial charge in [0.25, 0.3) is 0 Å². The maximum atomic E-state index is 12.2. The highest BCUT2D eigenvalue weighted by molar-refractivity contribution is 7.39. The van der Waals surface area contributed by atoms with E-state index in [1.54, 1.807) is 24.3 Å². The lowest BCUT2D eigenvalue weighted by molar-refractivity contribution is -0.140. The summed E-state index contributed by atoms with van der Waals surface area (Å²) in [6, 6.07) is 12.5. The number of unbranched alkanes of at least 4 members (excludes halogenated alkanes) is 1. The summed E-state index contributed by atoms with van der Waals surface area (Å²) < 4.78 is 16.0. The maximum Gasteiger partial charge on any atom is 0.488 e. The van der Waals surface area contributed by atoms with E-state index in [9.17, 15) is 9.59 Å². The number of carbonyl (C=O) groups is 2. The molecule has 0 heterocycles. The molecule has 0 fully saturated rings. The standard InChI is InChI=1S/C21H26BO7P/c1-2-30-15-20(23)28-14-4-3-13-27-18-9-5-16(6-10-18)21(24)29-19-11-7-17(8-12-19)22(25)26/h5-12,25-26,30H,2-4,13-15H2,1H3. The maximum absolute atomic E-state index is 12.2. The van der Waals surface area contributed by atoms with Gasteiger partial charge in [-0.05, 0) is 60.9 Å². The molecule has 0 saturated carbocycles. The molecular formula is C21H26BO7P. The first kappa shape index (κ1) is 23.9. The third-order valence-corrected chi connectivity index (χ3v) is 5.11. The third kappa shape index (κ3) is 8.53. The van der Waals surface area contributed by atoms with Crippen molar-refractivity contribution in [1.29, 1.82) is 0 Å². The summed E-state index contributed by atoms with van der Waals surface area (Å²) in [4.78, 5) is 23.6. The monoisotopic (exact) mass is 432 g/mol. The molecule has 0 radical (unpaired) electrons. The smallest absolute Gasteiger partial charge is 0.488 e. The Morgan fingerprint density at radius 2 is 1.57 bits per heavy atom. The molecule has 0 bridgehead atoms. The Balaban J connectivity index is 1.69. The van der Waals surface area contributed by atoms with Crippen LogP contribution in [0.4, 0.5) is 0 Å². The summed E-state index contributed by atoms with van der Waals surface area (Å²) >= 11 is 0. The van der Waals surface area contributed by atoms with Gasteiger partial charge in [0, 0.05) is 0 Å². The van der Waals surface area contributed by atoms with Crippen molar-refractivity contribution in [2.45, 2.75) is 19.8 Å². The molecule has 2 N–H and O–H groups in total. The van der Waals surface area contributed by atoms with Crippen LogP contribution < -0.4 is 14.9 Å². The van der Waals surface area contributed by atoms with Gasteiger partial charge in [-0.25, -0.2) is 4.79 Å². The van der Waals surface area contributed by atoms with E-state index in [1.165, 1.54) is 24.3 Å². The van der Waals surface area contributed by atoms with E-state index in [2.05, 4.69) is 0 Å². The van der Waals surface area contributed by atoms with E-state index < -0.39 is 13.1 Å². The Kier molecular flexibility index (Phi) is 10.4. The molecule has 0 aliphatic carbocycles. The van der Waals surface area contributed by atoms with Crippen molar-refractivity contribution in [3.05, 3.63) is 54.1 Å². The molecule has 2 rings (SSSR count). The zero-order valence-electron chi connectivity index (χ0n) is 16.9. The topological polar surface area (TPSA) is 102 Å². The highest BCUT2D eigenvalue weighted by Gasteiger charge is 2.12. The molecule has 1 unspecified atom stereocenters. The van der Waals surface area contributed by atoms with Crippen molar-refractivity contribution in [3.63, 3.8) is 0 Å². The molecule has 30 heavy (non-hydrogen) atoms. The predicted molar refractivity (Wildman–Crippen MR) is 117 cm³/mol. The molecule has 2 aromatic carbocycles. The summed E-state index contributed by atoms with van der Waals surface area (Å²) in [5.74, 6) is 0.277. The lowest BCUT2D eigenvalue weighted by Crippen LogP contribution is -2.29. The van der Waals surface area contributed by atoms with Crippen molar-refractivity contribution in [1.82, 2.24) is 0 Å². The number of ether oxygens (including phenoxy) is 3. The van der Waals surface area contributed by atoms with Gasteiger partial charge < -0.3 is 24.3 Å². The van der Waals surface area contributed by atoms with Crippen LogP contribution in [0.3, 0.4) is 0 Å². The Hall–Kier alpha value is -2.41. The van der Waals surface area contributed by atoms with Crippen LogP contribution in [0.25, 0.3) is 0 Å². The van der Waals surface area contributed by atoms with Gasteiger partial charge in [-0.15, -0.1) is 8.58 Å². The van der Waals surface area contributed by atoms with Crippen LogP contribution in [0.1, 0.15) is 30.1 Å². The van der Waals surface area contributed by atoms with Gasteiger partial charge in [0.1, 0.15) is 11.5 Å². The lowest BCUT2D eigenvalue weighted by atomic mass is 9.80. The van der Waals surface area contributed by atoms with Crippen LogP contribution in [0.5, 0.6) is 11.5 Å². The number of hydrogen-bond acceptors (Lipinski definition) is 7. The Morgan fingerprint density at radius 3 is 2.20 bits per heavy atom. The Labute approximate surface area is 178 Å². The van der Waals surface area contributed by atoms with Gasteiger partial charge in [0.05, 0.1) is 24.9 Å². The highest BCUT2D eigenvalue weighted by atomic mass is 31.1. The van der Waals surface area contributed by atoms with E-state index >= 15 is 0 Å². The fourth-order valence-corrected chi connectivity index (χ4v) is 2.98. The van der Waals surface area contributed by atoms with Crippen molar-refractivity contribution in [3.8, 4) is 11.5 Å². The minimum Gasteiger partial charge on any atom is -0.494 e. The molecule has 0 spiro atoms. The first-order valence-corrected chi connectivity index (χ1v) is 11.2. The van der Waals surface area contributed by atoms with E-state index in [0.717, 1.165) is 19.0 Å². The van der Waals surface area contributed by atoms with Crippen LogP contribution in [0.15, 0.2) is 48.5 Å². The minimum absolute atomic E-state index is 0.138. The molecule has 2 aromatic rings. The molecule has 0 aromatic heterocycles. The second-order valence-corrected chi connectivity index (χ2v) is 7.97. The molecule has 9 heteroatoms. The second kappa shape index (κ2) is 13.0. The molecule has 7 nitrogen and oxygen atoms in total. The van der Waals surface area contributed by atoms with Gasteiger partial charge in [-0.2, -0.15) is 0 Å². The summed E-state index contributed by atoms with van der Waals surface area (Å²) in [7, 11) is -0.941. The van der Waals surface area contributed by atoms with Crippen molar-refractivity contribution in [2.24, 2.45) is 0 Å². The van der Waals surface area contributed by atoms with Gasteiger partial charge in [-0.1, -0.05) is 19.1 Å². The fraction of sp³-hybridized carbons (Fsp3) is 0.333. The van der Waals surface area contributed by atoms with Gasteiger partial charge in [0.15, 0.2) is 0 Å². The van der Waals surface area contributed by atoms with E-state index in [1.807, 2.05) is 6.92 Å². The van der Waals surface area contributed by atoms with Crippen LogP contribution in [-0.4, -0.2) is 54.6 Å². The molecule has 1 atom stereocenters. The lowest BCUT2D eigenvalue weighted by Gasteiger charge is -2.08.